The molecule has 0 aromatic rings. The molecule has 2 heteroatoms. The van der Waals surface area contributed by atoms with Crippen molar-refractivity contribution in [3.8, 4) is 0 Å². The summed E-state index contributed by atoms with van der Waals surface area (Å²) in [6, 6.07) is 0. The fraction of sp³-hybridized carbons (Fsp3) is 1.00. The highest BCUT2D eigenvalue weighted by Gasteiger charge is 2.30. The van der Waals surface area contributed by atoms with Gasteiger partial charge < -0.3 is 0 Å². The Balaban J connectivity index is 4.01. The third kappa shape index (κ3) is 2.10. The van der Waals surface area contributed by atoms with Gasteiger partial charge in [-0.2, -0.15) is 0 Å². The average molecular weight is 144 g/mol. The first kappa shape index (κ1) is 9.18. The lowest BCUT2D eigenvalue weighted by atomic mass is 10.5. The zero-order valence-corrected chi connectivity index (χ0v) is 8.15. The molecule has 1 radical (unpaired) electrons. The molecule has 0 aromatic heterocycles. The number of hydrogen-bond donors (Lipinski definition) is 0. The van der Waals surface area contributed by atoms with Crippen molar-refractivity contribution in [1.82, 2.24) is 5.40 Å². The van der Waals surface area contributed by atoms with Crippen molar-refractivity contribution in [2.24, 2.45) is 0 Å². The van der Waals surface area contributed by atoms with Crippen LogP contribution in [0.2, 0.25) is 17.6 Å². The van der Waals surface area contributed by atoms with E-state index in [4.69, 9.17) is 5.40 Å². The summed E-state index contributed by atoms with van der Waals surface area (Å²) in [6.07, 6.45) is 0. The minimum absolute atomic E-state index is 0.595. The Morgan fingerprint density at radius 1 is 1.00 bits per heavy atom. The van der Waals surface area contributed by atoms with Gasteiger partial charge in [0, 0.05) is 0 Å². The first-order valence-corrected chi connectivity index (χ1v) is 6.29. The Kier molecular flexibility index (Phi) is 2.90. The summed E-state index contributed by atoms with van der Waals surface area (Å²) < 4.78 is 0. The molecule has 0 rings (SSSR count). The molecule has 0 aliphatic heterocycles. The third-order valence-electron chi connectivity index (χ3n) is 2.40. The van der Waals surface area contributed by atoms with E-state index in [0.29, 0.717) is 11.1 Å². The maximum absolute atomic E-state index is 7.97. The highest BCUT2D eigenvalue weighted by Crippen LogP contribution is 2.27. The largest absolute Gasteiger partial charge is 0.284 e. The van der Waals surface area contributed by atoms with Gasteiger partial charge in [0.25, 0.3) is 0 Å². The lowest BCUT2D eigenvalue weighted by Crippen LogP contribution is -2.39. The average Bonchev–Trinajstić information content (AvgIpc) is 1.65. The van der Waals surface area contributed by atoms with Crippen molar-refractivity contribution in [2.75, 3.05) is 0 Å². The van der Waals surface area contributed by atoms with Crippen LogP contribution in [0.5, 0.6) is 0 Å². The van der Waals surface area contributed by atoms with E-state index >= 15 is 0 Å². The van der Waals surface area contributed by atoms with Gasteiger partial charge in [-0.25, -0.2) is 0 Å². The van der Waals surface area contributed by atoms with Crippen LogP contribution in [-0.2, 0) is 0 Å². The summed E-state index contributed by atoms with van der Waals surface area (Å²) in [7, 11) is -1.61. The molecule has 0 atom stereocenters. The van der Waals surface area contributed by atoms with E-state index in [1.807, 2.05) is 0 Å². The second-order valence-electron chi connectivity index (χ2n) is 3.59. The van der Waals surface area contributed by atoms with Gasteiger partial charge in [0.15, 0.2) is 0 Å². The molecule has 0 amide bonds. The number of hydrogen-bond acceptors (Lipinski definition) is 0. The van der Waals surface area contributed by atoms with Crippen LogP contribution in [0.25, 0.3) is 0 Å². The van der Waals surface area contributed by atoms with Crippen molar-refractivity contribution in [2.45, 2.75) is 45.3 Å². The molecule has 0 unspecified atom stereocenters. The van der Waals surface area contributed by atoms with Crippen molar-refractivity contribution >= 4 is 8.24 Å². The molecule has 0 aliphatic carbocycles. The molecule has 0 heterocycles. The summed E-state index contributed by atoms with van der Waals surface area (Å²) >= 11 is 0. The van der Waals surface area contributed by atoms with E-state index in [9.17, 15) is 0 Å². The van der Waals surface area contributed by atoms with E-state index in [1.54, 1.807) is 0 Å². The van der Waals surface area contributed by atoms with Gasteiger partial charge >= 0.3 is 0 Å². The molecule has 1 N–H and O–H groups in total. The van der Waals surface area contributed by atoms with Crippen LogP contribution in [0.1, 0.15) is 27.7 Å². The summed E-state index contributed by atoms with van der Waals surface area (Å²) in [5, 5.41) is 7.97. The molecule has 0 saturated carbocycles. The topological polar surface area (TPSA) is 23.8 Å². The lowest BCUT2D eigenvalue weighted by molar-refractivity contribution is 0.887. The minimum atomic E-state index is -1.61. The van der Waals surface area contributed by atoms with Crippen molar-refractivity contribution < 1.29 is 0 Å². The summed E-state index contributed by atoms with van der Waals surface area (Å²) in [4.78, 5) is 0. The molecular weight excluding hydrogens is 126 g/mol. The van der Waals surface area contributed by atoms with Gasteiger partial charge in [0.1, 0.15) is 8.24 Å². The zero-order valence-electron chi connectivity index (χ0n) is 7.15. The molecule has 0 saturated heterocycles. The van der Waals surface area contributed by atoms with Crippen molar-refractivity contribution in [3.05, 3.63) is 0 Å². The zero-order chi connectivity index (χ0) is 7.65. The quantitative estimate of drug-likeness (QED) is 0.532. The molecular formula is C7H18NSi. The van der Waals surface area contributed by atoms with Crippen LogP contribution >= 0.6 is 0 Å². The van der Waals surface area contributed by atoms with Crippen LogP contribution in [0.15, 0.2) is 0 Å². The normalized spacial score (nSPS) is 13.3. The number of nitrogens with one attached hydrogen (secondary N) is 1. The van der Waals surface area contributed by atoms with Crippen LogP contribution in [0, 0.1) is 0 Å². The standard InChI is InChI=1S/C7H18NSi/c1-6(2)9(5,8)7(3)4/h6-8H,1-5H3. The van der Waals surface area contributed by atoms with E-state index in [1.165, 1.54) is 0 Å². The summed E-state index contributed by atoms with van der Waals surface area (Å²) in [5.74, 6) is 0. The fourth-order valence-corrected chi connectivity index (χ4v) is 2.00. The Morgan fingerprint density at radius 3 is 1.22 bits per heavy atom. The van der Waals surface area contributed by atoms with Crippen LogP contribution in [0.4, 0.5) is 0 Å². The molecule has 9 heavy (non-hydrogen) atoms. The smallest absolute Gasteiger partial charge is 0.142 e. The second-order valence-corrected chi connectivity index (χ2v) is 8.47. The van der Waals surface area contributed by atoms with Gasteiger partial charge in [-0.3, -0.25) is 5.40 Å². The fourth-order valence-electron chi connectivity index (χ4n) is 0.667. The molecule has 0 spiro atoms. The molecule has 0 bridgehead atoms. The molecule has 0 fully saturated rings. The molecule has 0 aliphatic rings. The Labute approximate surface area is 59.7 Å². The Morgan fingerprint density at radius 2 is 1.22 bits per heavy atom. The van der Waals surface area contributed by atoms with Gasteiger partial charge in [0.05, 0.1) is 0 Å². The predicted octanol–water partition coefficient (Wildman–Crippen LogP) is 2.66. The van der Waals surface area contributed by atoms with E-state index in [-0.39, 0.29) is 0 Å². The van der Waals surface area contributed by atoms with Crippen molar-refractivity contribution in [3.63, 3.8) is 0 Å². The first-order chi connectivity index (χ1) is 3.89. The van der Waals surface area contributed by atoms with Gasteiger partial charge in [-0.1, -0.05) is 34.2 Å². The van der Waals surface area contributed by atoms with Gasteiger partial charge in [-0.15, -0.1) is 0 Å². The van der Waals surface area contributed by atoms with Gasteiger partial charge in [-0.05, 0) is 11.1 Å². The van der Waals surface area contributed by atoms with Crippen LogP contribution in [-0.4, -0.2) is 8.24 Å². The summed E-state index contributed by atoms with van der Waals surface area (Å²) in [6.45, 7) is 10.8. The highest BCUT2D eigenvalue weighted by molar-refractivity contribution is 6.77. The van der Waals surface area contributed by atoms with Gasteiger partial charge in [0.2, 0.25) is 0 Å². The third-order valence-corrected chi connectivity index (χ3v) is 7.20. The first-order valence-electron chi connectivity index (χ1n) is 3.64. The molecule has 0 aromatic carbocycles. The van der Waals surface area contributed by atoms with E-state index in [2.05, 4.69) is 34.2 Å². The SMILES string of the molecule is CC(C)[Si](C)([NH])C(C)C. The molecule has 1 nitrogen and oxygen atoms in total. The monoisotopic (exact) mass is 144 g/mol. The Hall–Kier alpha value is 0.177. The maximum Gasteiger partial charge on any atom is 0.142 e. The minimum Gasteiger partial charge on any atom is -0.284 e. The molecule has 55 valence electrons. The second kappa shape index (κ2) is 2.84. The lowest BCUT2D eigenvalue weighted by Gasteiger charge is -2.29. The van der Waals surface area contributed by atoms with Crippen LogP contribution in [0.3, 0.4) is 0 Å². The van der Waals surface area contributed by atoms with Crippen LogP contribution < -0.4 is 5.40 Å². The highest BCUT2D eigenvalue weighted by atomic mass is 28.3. The Bertz CT molecular complexity index is 76.9. The summed E-state index contributed by atoms with van der Waals surface area (Å²) in [5.41, 5.74) is 1.19. The van der Waals surface area contributed by atoms with E-state index < -0.39 is 8.24 Å². The number of rotatable bonds is 2. The van der Waals surface area contributed by atoms with E-state index in [0.717, 1.165) is 0 Å². The van der Waals surface area contributed by atoms with Crippen molar-refractivity contribution in [1.29, 1.82) is 0 Å². The predicted molar refractivity (Wildman–Crippen MR) is 44.9 cm³/mol. The maximum atomic E-state index is 7.97.